The summed E-state index contributed by atoms with van der Waals surface area (Å²) in [6.45, 7) is 2.99. The van der Waals surface area contributed by atoms with Gasteiger partial charge in [-0.15, -0.1) is 5.10 Å². The number of ether oxygens (including phenoxy) is 2. The lowest BCUT2D eigenvalue weighted by molar-refractivity contribution is 0.0686. The van der Waals surface area contributed by atoms with Crippen molar-refractivity contribution >= 4 is 5.91 Å². The largest absolute Gasteiger partial charge is 0.497 e. The topological polar surface area (TPSA) is 108 Å². The highest BCUT2D eigenvalue weighted by Crippen LogP contribution is 2.29. The van der Waals surface area contributed by atoms with Gasteiger partial charge in [0.1, 0.15) is 11.5 Å². The Balaban J connectivity index is 1.42. The van der Waals surface area contributed by atoms with Gasteiger partial charge in [-0.25, -0.2) is 4.68 Å². The van der Waals surface area contributed by atoms with Gasteiger partial charge >= 0.3 is 0 Å². The van der Waals surface area contributed by atoms with Gasteiger partial charge in [-0.2, -0.15) is 4.98 Å². The van der Waals surface area contributed by atoms with Crippen LogP contribution in [0.15, 0.2) is 28.9 Å². The molecule has 1 aliphatic heterocycles. The van der Waals surface area contributed by atoms with Gasteiger partial charge in [-0.3, -0.25) is 4.79 Å². The van der Waals surface area contributed by atoms with E-state index in [-0.39, 0.29) is 11.9 Å². The van der Waals surface area contributed by atoms with Crippen molar-refractivity contribution in [3.8, 4) is 23.1 Å². The van der Waals surface area contributed by atoms with E-state index >= 15 is 0 Å². The first-order valence-electron chi connectivity index (χ1n) is 9.33. The van der Waals surface area contributed by atoms with Crippen LogP contribution in [-0.4, -0.2) is 63.3 Å². The second kappa shape index (κ2) is 7.90. The molecule has 0 bridgehead atoms. The maximum absolute atomic E-state index is 13.0. The molecule has 0 spiro atoms. The van der Waals surface area contributed by atoms with Crippen molar-refractivity contribution in [3.05, 3.63) is 35.8 Å². The van der Waals surface area contributed by atoms with Gasteiger partial charge < -0.3 is 18.9 Å². The fourth-order valence-corrected chi connectivity index (χ4v) is 3.43. The molecule has 0 saturated carbocycles. The predicted octanol–water partition coefficient (Wildman–Crippen LogP) is 2.13. The monoisotopic (exact) mass is 398 g/mol. The second-order valence-corrected chi connectivity index (χ2v) is 6.82. The standard InChI is InChI=1S/C19H22N6O4/c1-12-20-18(29-22-12)16-11-25(23-21-16)13-6-8-24(9-7-13)19(26)15-5-4-14(27-2)10-17(15)28-3/h4-5,10-11,13H,6-9H2,1-3H3. The van der Waals surface area contributed by atoms with Crippen molar-refractivity contribution in [2.45, 2.75) is 25.8 Å². The van der Waals surface area contributed by atoms with Crippen LogP contribution in [0.5, 0.6) is 11.5 Å². The van der Waals surface area contributed by atoms with Gasteiger partial charge in [0.2, 0.25) is 0 Å². The predicted molar refractivity (Wildman–Crippen MR) is 102 cm³/mol. The number of carbonyl (C=O) groups excluding carboxylic acids is 1. The van der Waals surface area contributed by atoms with Gasteiger partial charge in [0.05, 0.1) is 32.0 Å². The fourth-order valence-electron chi connectivity index (χ4n) is 3.43. The molecule has 1 saturated heterocycles. The zero-order valence-electron chi connectivity index (χ0n) is 16.5. The summed E-state index contributed by atoms with van der Waals surface area (Å²) in [6, 6.07) is 5.37. The van der Waals surface area contributed by atoms with Crippen LogP contribution < -0.4 is 9.47 Å². The highest BCUT2D eigenvalue weighted by atomic mass is 16.5. The van der Waals surface area contributed by atoms with E-state index in [0.717, 1.165) is 12.8 Å². The highest BCUT2D eigenvalue weighted by Gasteiger charge is 2.27. The lowest BCUT2D eigenvalue weighted by Gasteiger charge is -2.32. The van der Waals surface area contributed by atoms with E-state index in [1.165, 1.54) is 0 Å². The Kier molecular flexibility index (Phi) is 5.15. The van der Waals surface area contributed by atoms with Crippen molar-refractivity contribution in [2.24, 2.45) is 0 Å². The lowest BCUT2D eigenvalue weighted by Crippen LogP contribution is -2.39. The van der Waals surface area contributed by atoms with Crippen LogP contribution in [0.2, 0.25) is 0 Å². The quantitative estimate of drug-likeness (QED) is 0.643. The van der Waals surface area contributed by atoms with Gasteiger partial charge in [0.25, 0.3) is 11.8 Å². The van der Waals surface area contributed by atoms with Crippen LogP contribution in [0.3, 0.4) is 0 Å². The van der Waals surface area contributed by atoms with Crippen LogP contribution in [0, 0.1) is 6.92 Å². The number of piperidine rings is 1. The molecular weight excluding hydrogens is 376 g/mol. The summed E-state index contributed by atoms with van der Waals surface area (Å²) in [5.74, 6) is 2.01. The van der Waals surface area contributed by atoms with Crippen molar-refractivity contribution in [1.29, 1.82) is 0 Å². The Morgan fingerprint density at radius 2 is 2.00 bits per heavy atom. The number of aromatic nitrogens is 5. The SMILES string of the molecule is COc1ccc(C(=O)N2CCC(n3cc(-c4nc(C)no4)nn3)CC2)c(OC)c1. The number of likely N-dealkylation sites (tertiary alicyclic amines) is 1. The van der Waals surface area contributed by atoms with Crippen LogP contribution in [-0.2, 0) is 0 Å². The molecule has 1 fully saturated rings. The summed E-state index contributed by atoms with van der Waals surface area (Å²) < 4.78 is 17.5. The molecule has 1 amide bonds. The molecule has 10 heteroatoms. The summed E-state index contributed by atoms with van der Waals surface area (Å²) in [7, 11) is 3.13. The second-order valence-electron chi connectivity index (χ2n) is 6.82. The summed E-state index contributed by atoms with van der Waals surface area (Å²) in [4.78, 5) is 19.0. The number of hydrogen-bond acceptors (Lipinski definition) is 8. The van der Waals surface area contributed by atoms with E-state index in [1.807, 2.05) is 15.8 Å². The molecule has 10 nitrogen and oxygen atoms in total. The van der Waals surface area contributed by atoms with E-state index in [9.17, 15) is 4.79 Å². The summed E-state index contributed by atoms with van der Waals surface area (Å²) in [6.07, 6.45) is 3.35. The van der Waals surface area contributed by atoms with Gasteiger partial charge in [-0.1, -0.05) is 10.4 Å². The molecule has 3 heterocycles. The van der Waals surface area contributed by atoms with Crippen LogP contribution in [0.4, 0.5) is 0 Å². The molecule has 1 aliphatic rings. The number of nitrogens with zero attached hydrogens (tertiary/aromatic N) is 6. The first-order chi connectivity index (χ1) is 14.1. The summed E-state index contributed by atoms with van der Waals surface area (Å²) in [5.41, 5.74) is 1.08. The number of methoxy groups -OCH3 is 2. The van der Waals surface area contributed by atoms with Crippen LogP contribution in [0.25, 0.3) is 11.6 Å². The molecular formula is C19H22N6O4. The van der Waals surface area contributed by atoms with Gasteiger partial charge in [0.15, 0.2) is 11.5 Å². The maximum atomic E-state index is 13.0. The third-order valence-electron chi connectivity index (χ3n) is 5.02. The van der Waals surface area contributed by atoms with Crippen LogP contribution >= 0.6 is 0 Å². The van der Waals surface area contributed by atoms with E-state index in [1.54, 1.807) is 39.3 Å². The minimum atomic E-state index is -0.0523. The number of amides is 1. The average Bonchev–Trinajstić information content (AvgIpc) is 3.42. The number of benzene rings is 1. The Morgan fingerprint density at radius 3 is 2.66 bits per heavy atom. The van der Waals surface area contributed by atoms with Crippen molar-refractivity contribution < 1.29 is 18.8 Å². The third kappa shape index (κ3) is 3.78. The number of carbonyl (C=O) groups is 1. The zero-order valence-corrected chi connectivity index (χ0v) is 16.5. The zero-order chi connectivity index (χ0) is 20.4. The lowest BCUT2D eigenvalue weighted by atomic mass is 10.0. The smallest absolute Gasteiger partial charge is 0.280 e. The molecule has 29 heavy (non-hydrogen) atoms. The minimum Gasteiger partial charge on any atom is -0.497 e. The molecule has 1 aromatic carbocycles. The van der Waals surface area contributed by atoms with Crippen molar-refractivity contribution in [2.75, 3.05) is 27.3 Å². The number of rotatable bonds is 5. The molecule has 4 rings (SSSR count). The Bertz CT molecular complexity index is 1010. The highest BCUT2D eigenvalue weighted by molar-refractivity contribution is 5.97. The molecule has 0 aliphatic carbocycles. The Morgan fingerprint density at radius 1 is 1.21 bits per heavy atom. The normalized spacial score (nSPS) is 14.8. The van der Waals surface area contributed by atoms with Crippen LogP contribution in [0.1, 0.15) is 35.1 Å². The number of aryl methyl sites for hydroxylation is 1. The first kappa shape index (κ1) is 18.9. The van der Waals surface area contributed by atoms with E-state index in [2.05, 4.69) is 20.5 Å². The molecule has 152 valence electrons. The molecule has 0 radical (unpaired) electrons. The molecule has 3 aromatic rings. The molecule has 0 unspecified atom stereocenters. The summed E-state index contributed by atoms with van der Waals surface area (Å²) >= 11 is 0. The van der Waals surface area contributed by atoms with E-state index in [4.69, 9.17) is 14.0 Å². The maximum Gasteiger partial charge on any atom is 0.280 e. The van der Waals surface area contributed by atoms with Gasteiger partial charge in [0, 0.05) is 19.2 Å². The van der Waals surface area contributed by atoms with Crippen molar-refractivity contribution in [1.82, 2.24) is 30.0 Å². The van der Waals surface area contributed by atoms with Crippen molar-refractivity contribution in [3.63, 3.8) is 0 Å². The average molecular weight is 398 g/mol. The first-order valence-corrected chi connectivity index (χ1v) is 9.33. The Labute approximate surface area is 167 Å². The molecule has 0 atom stereocenters. The summed E-state index contributed by atoms with van der Waals surface area (Å²) in [5, 5.41) is 12.1. The molecule has 2 aromatic heterocycles. The molecule has 0 N–H and O–H groups in total. The van der Waals surface area contributed by atoms with Gasteiger partial charge in [-0.05, 0) is 31.9 Å². The Hall–Kier alpha value is -3.43. The van der Waals surface area contributed by atoms with E-state index < -0.39 is 0 Å². The van der Waals surface area contributed by atoms with E-state index in [0.29, 0.717) is 47.6 Å². The number of hydrogen-bond donors (Lipinski definition) is 0. The fraction of sp³-hybridized carbons (Fsp3) is 0.421. The third-order valence-corrected chi connectivity index (χ3v) is 5.02. The minimum absolute atomic E-state index is 0.0523.